The second-order valence-electron chi connectivity index (χ2n) is 6.71. The molecule has 0 saturated carbocycles. The minimum atomic E-state index is -0.416. The maximum atomic E-state index is 12.0. The maximum Gasteiger partial charge on any atom is 0.363 e. The number of cyclic esters (lactones) is 1. The van der Waals surface area contributed by atoms with E-state index < -0.39 is 5.97 Å². The fraction of sp³-hybridized carbons (Fsp3) is 0.263. The minimum absolute atomic E-state index is 0.0876. The first-order valence-corrected chi connectivity index (χ1v) is 7.59. The Kier molecular flexibility index (Phi) is 3.68. The van der Waals surface area contributed by atoms with Gasteiger partial charge in [0.15, 0.2) is 5.70 Å². The topological polar surface area (TPSA) is 43.6 Å². The van der Waals surface area contributed by atoms with Crippen LogP contribution in [0.3, 0.4) is 0 Å². The third-order valence-electron chi connectivity index (χ3n) is 3.89. The van der Waals surface area contributed by atoms with Crippen LogP contribution in [0, 0.1) is 0 Å². The molecule has 1 aliphatic rings. The Balaban J connectivity index is 1.90. The number of hydrogen-bond acceptors (Lipinski definition) is 3. The molecule has 0 atom stereocenters. The number of benzene rings is 1. The van der Waals surface area contributed by atoms with E-state index in [1.54, 1.807) is 6.08 Å². The number of carbonyl (C=O) groups is 1. The summed E-state index contributed by atoms with van der Waals surface area (Å²) < 4.78 is 7.23. The summed E-state index contributed by atoms with van der Waals surface area (Å²) in [7, 11) is 1.92. The van der Waals surface area contributed by atoms with Crippen LogP contribution >= 0.6 is 0 Å². The van der Waals surface area contributed by atoms with E-state index in [-0.39, 0.29) is 5.41 Å². The molecule has 2 aromatic rings. The fourth-order valence-corrected chi connectivity index (χ4v) is 2.41. The number of rotatable bonds is 2. The number of nitrogens with zero attached hydrogens (tertiary/aromatic N) is 2. The zero-order valence-corrected chi connectivity index (χ0v) is 13.8. The molecule has 0 spiro atoms. The van der Waals surface area contributed by atoms with Crippen LogP contribution in [-0.2, 0) is 22.0 Å². The Morgan fingerprint density at radius 1 is 1.13 bits per heavy atom. The summed E-state index contributed by atoms with van der Waals surface area (Å²) in [6.07, 6.45) is 3.65. The molecule has 0 radical (unpaired) electrons. The van der Waals surface area contributed by atoms with Gasteiger partial charge in [0.1, 0.15) is 0 Å². The molecule has 0 amide bonds. The van der Waals surface area contributed by atoms with E-state index in [0.29, 0.717) is 11.6 Å². The molecule has 0 fully saturated rings. The van der Waals surface area contributed by atoms with E-state index in [9.17, 15) is 4.79 Å². The van der Waals surface area contributed by atoms with Crippen LogP contribution in [0.1, 0.15) is 37.6 Å². The van der Waals surface area contributed by atoms with Crippen molar-refractivity contribution >= 4 is 17.9 Å². The molecule has 2 heterocycles. The Labute approximate surface area is 136 Å². The number of ether oxygens (including phenoxy) is 1. The molecule has 3 rings (SSSR count). The van der Waals surface area contributed by atoms with Gasteiger partial charge in [-0.25, -0.2) is 9.79 Å². The Hall–Kier alpha value is -2.62. The van der Waals surface area contributed by atoms with Crippen molar-refractivity contribution in [3.05, 3.63) is 65.1 Å². The standard InChI is InChI=1S/C19H20N2O2/c1-19(2,3)14-9-7-13(8-10-14)17-20-16(18(22)23-17)12-15-6-5-11-21(15)4/h5-12H,1-4H3/b16-12+. The molecule has 0 bridgehead atoms. The summed E-state index contributed by atoms with van der Waals surface area (Å²) >= 11 is 0. The number of carbonyl (C=O) groups excluding carboxylic acids is 1. The summed E-state index contributed by atoms with van der Waals surface area (Å²) in [5.41, 5.74) is 3.35. The van der Waals surface area contributed by atoms with Crippen LogP contribution in [0.5, 0.6) is 0 Å². The van der Waals surface area contributed by atoms with Crippen LogP contribution in [0.2, 0.25) is 0 Å². The minimum Gasteiger partial charge on any atom is -0.402 e. The second kappa shape index (κ2) is 5.54. The molecule has 1 aromatic carbocycles. The third-order valence-corrected chi connectivity index (χ3v) is 3.89. The normalized spacial score (nSPS) is 16.6. The average Bonchev–Trinajstić information content (AvgIpc) is 3.06. The highest BCUT2D eigenvalue weighted by atomic mass is 16.6. The van der Waals surface area contributed by atoms with Crippen LogP contribution < -0.4 is 0 Å². The van der Waals surface area contributed by atoms with E-state index in [4.69, 9.17) is 4.74 Å². The lowest BCUT2D eigenvalue weighted by atomic mass is 9.87. The Morgan fingerprint density at radius 3 is 2.39 bits per heavy atom. The lowest BCUT2D eigenvalue weighted by Gasteiger charge is -2.18. The predicted octanol–water partition coefficient (Wildman–Crippen LogP) is 3.67. The molecule has 0 N–H and O–H groups in total. The highest BCUT2D eigenvalue weighted by Crippen LogP contribution is 2.24. The van der Waals surface area contributed by atoms with Crippen molar-refractivity contribution in [3.63, 3.8) is 0 Å². The predicted molar refractivity (Wildman–Crippen MR) is 91.2 cm³/mol. The van der Waals surface area contributed by atoms with Gasteiger partial charge in [-0.3, -0.25) is 0 Å². The van der Waals surface area contributed by atoms with Crippen LogP contribution in [0.4, 0.5) is 0 Å². The largest absolute Gasteiger partial charge is 0.402 e. The molecular weight excluding hydrogens is 288 g/mol. The highest BCUT2D eigenvalue weighted by molar-refractivity contribution is 6.12. The number of esters is 1. The van der Waals surface area contributed by atoms with Gasteiger partial charge >= 0.3 is 5.97 Å². The Bertz CT molecular complexity index is 803. The maximum absolute atomic E-state index is 12.0. The molecule has 1 aliphatic heterocycles. The average molecular weight is 308 g/mol. The Morgan fingerprint density at radius 2 is 1.83 bits per heavy atom. The van der Waals surface area contributed by atoms with Gasteiger partial charge in [0.05, 0.1) is 0 Å². The quantitative estimate of drug-likeness (QED) is 0.627. The molecule has 4 heteroatoms. The van der Waals surface area contributed by atoms with Crippen molar-refractivity contribution in [1.29, 1.82) is 0 Å². The summed E-state index contributed by atoms with van der Waals surface area (Å²) in [5.74, 6) is -0.0583. The first-order chi connectivity index (χ1) is 10.8. The SMILES string of the molecule is Cn1cccc1/C=C1/N=C(c2ccc(C(C)(C)C)cc2)OC1=O. The molecule has 1 aromatic heterocycles. The van der Waals surface area contributed by atoms with Crippen molar-refractivity contribution in [3.8, 4) is 0 Å². The van der Waals surface area contributed by atoms with E-state index >= 15 is 0 Å². The van der Waals surface area contributed by atoms with Crippen LogP contribution in [0.25, 0.3) is 6.08 Å². The van der Waals surface area contributed by atoms with Crippen molar-refractivity contribution in [2.45, 2.75) is 26.2 Å². The van der Waals surface area contributed by atoms with Gasteiger partial charge in [-0.1, -0.05) is 32.9 Å². The van der Waals surface area contributed by atoms with Crippen LogP contribution in [-0.4, -0.2) is 16.4 Å². The molecule has 4 nitrogen and oxygen atoms in total. The van der Waals surface area contributed by atoms with E-state index in [1.807, 2.05) is 54.2 Å². The molecular formula is C19H20N2O2. The summed E-state index contributed by atoms with van der Waals surface area (Å²) in [5, 5.41) is 0. The van der Waals surface area contributed by atoms with Crippen molar-refractivity contribution in [2.24, 2.45) is 12.0 Å². The van der Waals surface area contributed by atoms with Gasteiger partial charge < -0.3 is 9.30 Å². The molecule has 0 saturated heterocycles. The fourth-order valence-electron chi connectivity index (χ4n) is 2.41. The molecule has 0 aliphatic carbocycles. The summed E-state index contributed by atoms with van der Waals surface area (Å²) in [6.45, 7) is 6.49. The third kappa shape index (κ3) is 3.11. The van der Waals surface area contributed by atoms with Gasteiger partial charge in [-0.2, -0.15) is 0 Å². The summed E-state index contributed by atoms with van der Waals surface area (Å²) in [6, 6.07) is 11.8. The molecule has 118 valence electrons. The first kappa shape index (κ1) is 15.3. The van der Waals surface area contributed by atoms with Gasteiger partial charge in [-0.05, 0) is 41.3 Å². The lowest BCUT2D eigenvalue weighted by molar-refractivity contribution is -0.129. The van der Waals surface area contributed by atoms with E-state index in [1.165, 1.54) is 5.56 Å². The van der Waals surface area contributed by atoms with Crippen molar-refractivity contribution in [1.82, 2.24) is 4.57 Å². The zero-order chi connectivity index (χ0) is 16.6. The number of hydrogen-bond donors (Lipinski definition) is 0. The monoisotopic (exact) mass is 308 g/mol. The summed E-state index contributed by atoms with van der Waals surface area (Å²) in [4.78, 5) is 16.3. The molecule has 0 unspecified atom stereocenters. The van der Waals surface area contributed by atoms with Gasteiger partial charge in [0.2, 0.25) is 5.90 Å². The van der Waals surface area contributed by atoms with Crippen LogP contribution in [0.15, 0.2) is 53.3 Å². The second-order valence-corrected chi connectivity index (χ2v) is 6.71. The van der Waals surface area contributed by atoms with Gasteiger partial charge in [0, 0.05) is 24.5 Å². The van der Waals surface area contributed by atoms with Crippen molar-refractivity contribution in [2.75, 3.05) is 0 Å². The first-order valence-electron chi connectivity index (χ1n) is 7.59. The van der Waals surface area contributed by atoms with Gasteiger partial charge in [0.25, 0.3) is 0 Å². The smallest absolute Gasteiger partial charge is 0.363 e. The number of aryl methyl sites for hydroxylation is 1. The van der Waals surface area contributed by atoms with Crippen molar-refractivity contribution < 1.29 is 9.53 Å². The number of aromatic nitrogens is 1. The molecule has 23 heavy (non-hydrogen) atoms. The van der Waals surface area contributed by atoms with E-state index in [0.717, 1.165) is 11.3 Å². The number of aliphatic imine (C=N–C) groups is 1. The highest BCUT2D eigenvalue weighted by Gasteiger charge is 2.24. The zero-order valence-electron chi connectivity index (χ0n) is 13.8. The lowest BCUT2D eigenvalue weighted by Crippen LogP contribution is -2.11. The van der Waals surface area contributed by atoms with E-state index in [2.05, 4.69) is 25.8 Å². The van der Waals surface area contributed by atoms with Gasteiger partial charge in [-0.15, -0.1) is 0 Å².